The molecule has 21 heavy (non-hydrogen) atoms. The maximum absolute atomic E-state index is 12.2. The van der Waals surface area contributed by atoms with E-state index in [1.807, 2.05) is 0 Å². The first-order valence-corrected chi connectivity index (χ1v) is 8.80. The lowest BCUT2D eigenvalue weighted by atomic mass is 10.1. The summed E-state index contributed by atoms with van der Waals surface area (Å²) in [5, 5.41) is 9.01. The molecule has 1 fully saturated rings. The van der Waals surface area contributed by atoms with Crippen molar-refractivity contribution in [3.05, 3.63) is 28.8 Å². The highest BCUT2D eigenvalue weighted by Crippen LogP contribution is 2.23. The van der Waals surface area contributed by atoms with E-state index in [4.69, 9.17) is 21.4 Å². The van der Waals surface area contributed by atoms with E-state index in [2.05, 4.69) is 0 Å². The number of carbonyl (C=O) groups is 1. The molecule has 2 rings (SSSR count). The van der Waals surface area contributed by atoms with Crippen LogP contribution in [0.3, 0.4) is 0 Å². The van der Waals surface area contributed by atoms with Gasteiger partial charge in [0.1, 0.15) is 0 Å². The second-order valence-corrected chi connectivity index (χ2v) is 7.56. The van der Waals surface area contributed by atoms with Crippen LogP contribution in [0.5, 0.6) is 0 Å². The van der Waals surface area contributed by atoms with Gasteiger partial charge in [-0.25, -0.2) is 13.2 Å². The van der Waals surface area contributed by atoms with Gasteiger partial charge in [0, 0.05) is 6.61 Å². The van der Waals surface area contributed by atoms with Crippen LogP contribution in [0.25, 0.3) is 0 Å². The predicted molar refractivity (Wildman–Crippen MR) is 78.7 cm³/mol. The third-order valence-electron chi connectivity index (χ3n) is 3.49. The monoisotopic (exact) mass is 332 g/mol. The number of halogens is 1. The van der Waals surface area contributed by atoms with Crippen molar-refractivity contribution in [2.45, 2.75) is 36.7 Å². The van der Waals surface area contributed by atoms with Gasteiger partial charge in [-0.3, -0.25) is 0 Å². The largest absolute Gasteiger partial charge is 0.478 e. The minimum atomic E-state index is -3.50. The Labute approximate surface area is 128 Å². The number of benzene rings is 1. The molecular formula is C14H17ClO5S. The molecule has 1 atom stereocenters. The Bertz CT molecular complexity index is 620. The molecule has 0 saturated carbocycles. The summed E-state index contributed by atoms with van der Waals surface area (Å²) in [4.78, 5) is 11.0. The molecule has 1 aliphatic heterocycles. The maximum Gasteiger partial charge on any atom is 0.337 e. The Kier molecular flexibility index (Phi) is 5.24. The molecule has 0 amide bonds. The van der Waals surface area contributed by atoms with Gasteiger partial charge in [0.15, 0.2) is 9.84 Å². The Morgan fingerprint density at radius 3 is 2.81 bits per heavy atom. The molecule has 0 bridgehead atoms. The number of hydrogen-bond acceptors (Lipinski definition) is 4. The summed E-state index contributed by atoms with van der Waals surface area (Å²) in [5.41, 5.74) is -0.197. The molecule has 7 heteroatoms. The van der Waals surface area contributed by atoms with Crippen molar-refractivity contribution >= 4 is 27.4 Å². The van der Waals surface area contributed by atoms with Crippen molar-refractivity contribution in [2.75, 3.05) is 12.4 Å². The van der Waals surface area contributed by atoms with Crippen LogP contribution in [0.15, 0.2) is 23.1 Å². The second kappa shape index (κ2) is 6.77. The molecule has 1 aromatic rings. The fourth-order valence-corrected chi connectivity index (χ4v) is 3.91. The molecule has 0 radical (unpaired) electrons. The van der Waals surface area contributed by atoms with Gasteiger partial charge in [0.25, 0.3) is 0 Å². The predicted octanol–water partition coefficient (Wildman–Crippen LogP) is 2.77. The summed E-state index contributed by atoms with van der Waals surface area (Å²) in [7, 11) is -3.50. The van der Waals surface area contributed by atoms with Crippen molar-refractivity contribution in [3.8, 4) is 0 Å². The number of aromatic carboxylic acids is 1. The van der Waals surface area contributed by atoms with Gasteiger partial charge in [0.05, 0.1) is 27.3 Å². The van der Waals surface area contributed by atoms with Crippen LogP contribution in [0, 0.1) is 0 Å². The zero-order chi connectivity index (χ0) is 15.5. The van der Waals surface area contributed by atoms with Crippen LogP contribution in [-0.4, -0.2) is 38.0 Å². The average molecular weight is 333 g/mol. The van der Waals surface area contributed by atoms with Gasteiger partial charge in [-0.05, 0) is 43.9 Å². The molecule has 0 aromatic heterocycles. The van der Waals surface area contributed by atoms with E-state index < -0.39 is 15.8 Å². The normalized spacial score (nSPS) is 18.8. The third-order valence-corrected chi connectivity index (χ3v) is 5.62. The summed E-state index contributed by atoms with van der Waals surface area (Å²) < 4.78 is 29.9. The van der Waals surface area contributed by atoms with E-state index in [0.717, 1.165) is 25.5 Å². The average Bonchev–Trinajstić information content (AvgIpc) is 2.91. The Hall–Kier alpha value is -1.11. The van der Waals surface area contributed by atoms with Crippen LogP contribution in [-0.2, 0) is 14.6 Å². The van der Waals surface area contributed by atoms with Crippen LogP contribution in [0.2, 0.25) is 5.02 Å². The molecule has 116 valence electrons. The molecule has 0 aliphatic carbocycles. The molecule has 1 unspecified atom stereocenters. The van der Waals surface area contributed by atoms with Crippen LogP contribution < -0.4 is 0 Å². The summed E-state index contributed by atoms with van der Waals surface area (Å²) in [5.74, 6) is -1.26. The first-order chi connectivity index (χ1) is 9.90. The van der Waals surface area contributed by atoms with E-state index >= 15 is 0 Å². The number of sulfone groups is 1. The molecule has 1 saturated heterocycles. The number of carboxylic acids is 1. The maximum atomic E-state index is 12.2. The van der Waals surface area contributed by atoms with Gasteiger partial charge in [0.2, 0.25) is 0 Å². The smallest absolute Gasteiger partial charge is 0.337 e. The van der Waals surface area contributed by atoms with Crippen molar-refractivity contribution in [2.24, 2.45) is 0 Å². The Morgan fingerprint density at radius 2 is 2.19 bits per heavy atom. The van der Waals surface area contributed by atoms with E-state index in [-0.39, 0.29) is 27.3 Å². The van der Waals surface area contributed by atoms with Gasteiger partial charge in [-0.1, -0.05) is 11.6 Å². The molecule has 5 nitrogen and oxygen atoms in total. The summed E-state index contributed by atoms with van der Waals surface area (Å²) in [6.45, 7) is 0.747. The lowest BCUT2D eigenvalue weighted by molar-refractivity contribution is 0.0697. The van der Waals surface area contributed by atoms with E-state index in [1.54, 1.807) is 0 Å². The summed E-state index contributed by atoms with van der Waals surface area (Å²) in [6.07, 6.45) is 3.36. The fourth-order valence-electron chi connectivity index (χ4n) is 2.35. The Morgan fingerprint density at radius 1 is 1.43 bits per heavy atom. The van der Waals surface area contributed by atoms with E-state index in [0.29, 0.717) is 12.8 Å². The highest BCUT2D eigenvalue weighted by molar-refractivity contribution is 7.91. The van der Waals surface area contributed by atoms with Crippen LogP contribution in [0.1, 0.15) is 36.0 Å². The molecule has 1 aromatic carbocycles. The van der Waals surface area contributed by atoms with E-state index in [9.17, 15) is 13.2 Å². The van der Waals surface area contributed by atoms with Crippen molar-refractivity contribution < 1.29 is 23.1 Å². The first kappa shape index (κ1) is 16.3. The van der Waals surface area contributed by atoms with Crippen molar-refractivity contribution in [1.82, 2.24) is 0 Å². The molecular weight excluding hydrogens is 316 g/mol. The van der Waals surface area contributed by atoms with Crippen LogP contribution >= 0.6 is 11.6 Å². The Balaban J connectivity index is 2.04. The highest BCUT2D eigenvalue weighted by atomic mass is 35.5. The van der Waals surface area contributed by atoms with Crippen molar-refractivity contribution in [3.63, 3.8) is 0 Å². The highest BCUT2D eigenvalue weighted by Gasteiger charge is 2.20. The minimum absolute atomic E-state index is 0.00311. The van der Waals surface area contributed by atoms with Crippen LogP contribution in [0.4, 0.5) is 0 Å². The number of carboxylic acid groups (broad SMARTS) is 1. The standard InChI is InChI=1S/C14H17ClO5S/c15-13-6-5-11(9-12(13)14(16)17)21(18,19)8-2-4-10-3-1-7-20-10/h5-6,9-10H,1-4,7-8H2,(H,16,17). The SMILES string of the molecule is O=C(O)c1cc(S(=O)(=O)CCCC2CCCO2)ccc1Cl. The van der Waals surface area contributed by atoms with Gasteiger partial charge in [-0.2, -0.15) is 0 Å². The van der Waals surface area contributed by atoms with Gasteiger partial charge >= 0.3 is 5.97 Å². The lowest BCUT2D eigenvalue weighted by Crippen LogP contribution is -2.12. The fraction of sp³-hybridized carbons (Fsp3) is 0.500. The number of ether oxygens (including phenoxy) is 1. The van der Waals surface area contributed by atoms with Crippen molar-refractivity contribution in [1.29, 1.82) is 0 Å². The molecule has 1 heterocycles. The minimum Gasteiger partial charge on any atom is -0.478 e. The molecule has 1 N–H and O–H groups in total. The lowest BCUT2D eigenvalue weighted by Gasteiger charge is -2.10. The quantitative estimate of drug-likeness (QED) is 0.866. The number of rotatable bonds is 6. The topological polar surface area (TPSA) is 80.7 Å². The third kappa shape index (κ3) is 4.18. The summed E-state index contributed by atoms with van der Waals surface area (Å²) >= 11 is 5.74. The van der Waals surface area contributed by atoms with E-state index in [1.165, 1.54) is 12.1 Å². The zero-order valence-corrected chi connectivity index (χ0v) is 13.0. The number of hydrogen-bond donors (Lipinski definition) is 1. The summed E-state index contributed by atoms with van der Waals surface area (Å²) in [6, 6.07) is 3.76. The van der Waals surface area contributed by atoms with Gasteiger partial charge in [-0.15, -0.1) is 0 Å². The molecule has 1 aliphatic rings. The zero-order valence-electron chi connectivity index (χ0n) is 11.4. The second-order valence-electron chi connectivity index (χ2n) is 5.04. The molecule has 0 spiro atoms. The first-order valence-electron chi connectivity index (χ1n) is 6.77. The van der Waals surface area contributed by atoms with Gasteiger partial charge < -0.3 is 9.84 Å².